The predicted molar refractivity (Wildman–Crippen MR) is 54.7 cm³/mol. The Morgan fingerprint density at radius 3 is 2.43 bits per heavy atom. The van der Waals surface area contributed by atoms with Gasteiger partial charge in [-0.15, -0.1) is 0 Å². The summed E-state index contributed by atoms with van der Waals surface area (Å²) in [7, 11) is -3.30. The van der Waals surface area contributed by atoms with Gasteiger partial charge < -0.3 is 10.1 Å². The number of nitrogens with one attached hydrogen (secondary N) is 1. The van der Waals surface area contributed by atoms with Crippen LogP contribution in [0.2, 0.25) is 0 Å². The number of H-pyrrole nitrogens is 1. The Bertz CT molecular complexity index is 392. The summed E-state index contributed by atoms with van der Waals surface area (Å²) in [6.07, 6.45) is 1.74. The number of hydrogen-bond donors (Lipinski definition) is 2. The van der Waals surface area contributed by atoms with Gasteiger partial charge in [0.1, 0.15) is 6.10 Å². The summed E-state index contributed by atoms with van der Waals surface area (Å²) in [6.45, 7) is 3.02. The SMILES string of the molecule is CC(C)(C(O)c1ccc[nH]1)S(C)(=O)=O. The molecule has 0 bridgehead atoms. The van der Waals surface area contributed by atoms with E-state index in [1.54, 1.807) is 18.3 Å². The van der Waals surface area contributed by atoms with E-state index < -0.39 is 20.7 Å². The van der Waals surface area contributed by atoms with Crippen molar-refractivity contribution in [1.82, 2.24) is 4.98 Å². The molecule has 0 saturated heterocycles. The Labute approximate surface area is 83.9 Å². The quantitative estimate of drug-likeness (QED) is 0.789. The molecule has 1 aromatic rings. The summed E-state index contributed by atoms with van der Waals surface area (Å²) in [5.41, 5.74) is 0.514. The fraction of sp³-hybridized carbons (Fsp3) is 0.556. The minimum atomic E-state index is -3.30. The third kappa shape index (κ3) is 1.83. The second-order valence-electron chi connectivity index (χ2n) is 3.90. The molecule has 4 nitrogen and oxygen atoms in total. The summed E-state index contributed by atoms with van der Waals surface area (Å²) in [4.78, 5) is 2.80. The monoisotopic (exact) mass is 217 g/mol. The van der Waals surface area contributed by atoms with Crippen molar-refractivity contribution >= 4 is 9.84 Å². The lowest BCUT2D eigenvalue weighted by atomic mass is 10.0. The molecule has 0 aromatic carbocycles. The number of hydrogen-bond acceptors (Lipinski definition) is 3. The molecule has 0 aliphatic heterocycles. The Morgan fingerprint density at radius 1 is 1.50 bits per heavy atom. The fourth-order valence-corrected chi connectivity index (χ4v) is 1.62. The first-order chi connectivity index (χ1) is 6.27. The molecule has 0 amide bonds. The molecule has 1 rings (SSSR count). The van der Waals surface area contributed by atoms with E-state index in [4.69, 9.17) is 0 Å². The lowest BCUT2D eigenvalue weighted by Crippen LogP contribution is -2.37. The second-order valence-corrected chi connectivity index (χ2v) is 6.50. The van der Waals surface area contributed by atoms with Crippen molar-refractivity contribution in [3.8, 4) is 0 Å². The summed E-state index contributed by atoms with van der Waals surface area (Å²) >= 11 is 0. The van der Waals surface area contributed by atoms with Crippen molar-refractivity contribution in [2.75, 3.05) is 6.26 Å². The lowest BCUT2D eigenvalue weighted by molar-refractivity contribution is 0.135. The molecule has 14 heavy (non-hydrogen) atoms. The van der Waals surface area contributed by atoms with E-state index in [0.717, 1.165) is 6.26 Å². The smallest absolute Gasteiger partial charge is 0.155 e. The van der Waals surface area contributed by atoms with E-state index in [1.807, 2.05) is 0 Å². The minimum absolute atomic E-state index is 0.514. The molecule has 1 unspecified atom stereocenters. The largest absolute Gasteiger partial charge is 0.385 e. The fourth-order valence-electron chi connectivity index (χ4n) is 1.09. The maximum absolute atomic E-state index is 11.4. The van der Waals surface area contributed by atoms with Crippen molar-refractivity contribution in [2.45, 2.75) is 24.7 Å². The minimum Gasteiger partial charge on any atom is -0.385 e. The van der Waals surface area contributed by atoms with Crippen molar-refractivity contribution in [3.05, 3.63) is 24.0 Å². The topological polar surface area (TPSA) is 70.2 Å². The maximum Gasteiger partial charge on any atom is 0.155 e. The zero-order valence-electron chi connectivity index (χ0n) is 8.48. The Balaban J connectivity index is 3.07. The van der Waals surface area contributed by atoms with Crippen molar-refractivity contribution < 1.29 is 13.5 Å². The van der Waals surface area contributed by atoms with E-state index in [1.165, 1.54) is 13.8 Å². The molecule has 0 aliphatic rings. The molecular weight excluding hydrogens is 202 g/mol. The Kier molecular flexibility index (Phi) is 2.74. The summed E-state index contributed by atoms with van der Waals surface area (Å²) in [5.74, 6) is 0. The average molecular weight is 217 g/mol. The van der Waals surface area contributed by atoms with Crippen LogP contribution in [0.3, 0.4) is 0 Å². The number of aliphatic hydroxyl groups is 1. The third-order valence-corrected chi connectivity index (χ3v) is 4.67. The van der Waals surface area contributed by atoms with E-state index in [-0.39, 0.29) is 0 Å². The number of rotatable bonds is 3. The summed E-state index contributed by atoms with van der Waals surface area (Å²) in [5, 5.41) is 9.86. The van der Waals surface area contributed by atoms with Gasteiger partial charge >= 0.3 is 0 Å². The second kappa shape index (κ2) is 3.40. The first kappa shape index (κ1) is 11.3. The molecule has 0 radical (unpaired) electrons. The van der Waals surface area contributed by atoms with Crippen molar-refractivity contribution in [2.24, 2.45) is 0 Å². The molecule has 80 valence electrons. The van der Waals surface area contributed by atoms with Crippen molar-refractivity contribution in [1.29, 1.82) is 0 Å². The van der Waals surface area contributed by atoms with Gasteiger partial charge in [0, 0.05) is 18.1 Å². The molecule has 1 atom stereocenters. The van der Waals surface area contributed by atoms with Crippen LogP contribution in [0.1, 0.15) is 25.6 Å². The third-order valence-electron chi connectivity index (χ3n) is 2.53. The summed E-state index contributed by atoms with van der Waals surface area (Å²) in [6, 6.07) is 3.38. The number of aliphatic hydroxyl groups excluding tert-OH is 1. The van der Waals surface area contributed by atoms with Gasteiger partial charge in [0.25, 0.3) is 0 Å². The normalized spacial score (nSPS) is 15.4. The van der Waals surface area contributed by atoms with Gasteiger partial charge in [-0.1, -0.05) is 0 Å². The van der Waals surface area contributed by atoms with Crippen LogP contribution in [0.4, 0.5) is 0 Å². The number of aromatic amines is 1. The summed E-state index contributed by atoms with van der Waals surface area (Å²) < 4.78 is 21.6. The zero-order chi connectivity index (χ0) is 11.0. The van der Waals surface area contributed by atoms with Gasteiger partial charge in [0.15, 0.2) is 9.84 Å². The first-order valence-corrected chi connectivity index (χ1v) is 6.17. The van der Waals surface area contributed by atoms with Crippen LogP contribution >= 0.6 is 0 Å². The number of sulfone groups is 1. The molecule has 0 saturated carbocycles. The highest BCUT2D eigenvalue weighted by molar-refractivity contribution is 7.92. The Hall–Kier alpha value is -0.810. The zero-order valence-corrected chi connectivity index (χ0v) is 9.30. The maximum atomic E-state index is 11.4. The van der Waals surface area contributed by atoms with E-state index >= 15 is 0 Å². The van der Waals surface area contributed by atoms with Crippen LogP contribution in [0, 0.1) is 0 Å². The van der Waals surface area contributed by atoms with Crippen LogP contribution < -0.4 is 0 Å². The molecule has 0 aliphatic carbocycles. The van der Waals surface area contributed by atoms with Crippen LogP contribution in [0.15, 0.2) is 18.3 Å². The molecular formula is C9H15NO3S. The van der Waals surface area contributed by atoms with Crippen LogP contribution in [0.5, 0.6) is 0 Å². The lowest BCUT2D eigenvalue weighted by Gasteiger charge is -2.27. The standard InChI is InChI=1S/C9H15NO3S/c1-9(2,14(3,12)13)8(11)7-5-4-6-10-7/h4-6,8,10-11H,1-3H3. The molecule has 2 N–H and O–H groups in total. The van der Waals surface area contributed by atoms with Gasteiger partial charge in [-0.25, -0.2) is 8.42 Å². The van der Waals surface area contributed by atoms with Crippen LogP contribution in [-0.4, -0.2) is 29.5 Å². The van der Waals surface area contributed by atoms with Gasteiger partial charge in [-0.2, -0.15) is 0 Å². The van der Waals surface area contributed by atoms with Gasteiger partial charge in [0.05, 0.1) is 4.75 Å². The predicted octanol–water partition coefficient (Wildman–Crippen LogP) is 0.871. The van der Waals surface area contributed by atoms with Gasteiger partial charge in [0.2, 0.25) is 0 Å². The van der Waals surface area contributed by atoms with E-state index in [0.29, 0.717) is 5.69 Å². The highest BCUT2D eigenvalue weighted by Gasteiger charge is 2.39. The highest BCUT2D eigenvalue weighted by atomic mass is 32.2. The molecule has 1 heterocycles. The van der Waals surface area contributed by atoms with Crippen molar-refractivity contribution in [3.63, 3.8) is 0 Å². The molecule has 0 fully saturated rings. The highest BCUT2D eigenvalue weighted by Crippen LogP contribution is 2.30. The molecule has 0 spiro atoms. The average Bonchev–Trinajstić information content (AvgIpc) is 2.52. The van der Waals surface area contributed by atoms with Gasteiger partial charge in [-0.3, -0.25) is 0 Å². The molecule has 5 heteroatoms. The number of aromatic nitrogens is 1. The van der Waals surface area contributed by atoms with Crippen LogP contribution in [0.25, 0.3) is 0 Å². The van der Waals surface area contributed by atoms with E-state index in [2.05, 4.69) is 4.98 Å². The Morgan fingerprint density at radius 2 is 2.07 bits per heavy atom. The van der Waals surface area contributed by atoms with E-state index in [9.17, 15) is 13.5 Å². The first-order valence-electron chi connectivity index (χ1n) is 4.28. The van der Waals surface area contributed by atoms with Crippen LogP contribution in [-0.2, 0) is 9.84 Å². The molecule has 1 aromatic heterocycles. The van der Waals surface area contributed by atoms with Gasteiger partial charge in [-0.05, 0) is 26.0 Å².